The van der Waals surface area contributed by atoms with Crippen molar-refractivity contribution >= 4 is 11.7 Å². The molecular weight excluding hydrogens is 400 g/mol. The number of ether oxygens (including phenoxy) is 1. The average molecular weight is 435 g/mol. The molecule has 2 aromatic rings. The first-order valence-corrected chi connectivity index (χ1v) is 11.8. The van der Waals surface area contributed by atoms with Crippen molar-refractivity contribution in [2.75, 3.05) is 11.9 Å². The minimum atomic E-state index is -0.951. The van der Waals surface area contributed by atoms with E-state index < -0.39 is 12.0 Å². The molecule has 1 aliphatic carbocycles. The van der Waals surface area contributed by atoms with Crippen LogP contribution in [0.2, 0.25) is 0 Å². The highest BCUT2D eigenvalue weighted by Gasteiger charge is 2.27. The number of nitrogens with zero attached hydrogens (tertiary/aromatic N) is 1. The lowest BCUT2D eigenvalue weighted by atomic mass is 9.90. The topological polar surface area (TPSA) is 82.4 Å². The maximum absolute atomic E-state index is 12.4. The summed E-state index contributed by atoms with van der Waals surface area (Å²) in [5, 5.41) is 22.3. The molecule has 0 amide bonds. The number of carboxylic acid groups (broad SMARTS) is 1. The highest BCUT2D eigenvalue weighted by molar-refractivity contribution is 5.81. The third kappa shape index (κ3) is 6.03. The van der Waals surface area contributed by atoms with Crippen LogP contribution < -0.4 is 10.1 Å². The molecule has 0 radical (unpaired) electrons. The summed E-state index contributed by atoms with van der Waals surface area (Å²) >= 11 is 0. The smallest absolute Gasteiger partial charge is 0.330 e. The van der Waals surface area contributed by atoms with E-state index in [-0.39, 0.29) is 0 Å². The maximum atomic E-state index is 12.4. The zero-order valence-electron chi connectivity index (χ0n) is 19.2. The number of nitriles is 1. The van der Waals surface area contributed by atoms with Crippen LogP contribution in [0.5, 0.6) is 5.75 Å². The highest BCUT2D eigenvalue weighted by Crippen LogP contribution is 2.35. The molecule has 2 aromatic carbocycles. The Labute approximate surface area is 191 Å². The summed E-state index contributed by atoms with van der Waals surface area (Å²) in [6, 6.07) is 12.2. The fourth-order valence-electron chi connectivity index (χ4n) is 4.47. The van der Waals surface area contributed by atoms with E-state index in [9.17, 15) is 9.90 Å². The number of carboxylic acids is 1. The molecule has 170 valence electrons. The molecule has 1 aliphatic rings. The van der Waals surface area contributed by atoms with Gasteiger partial charge in [-0.05, 0) is 73.1 Å². The third-order valence-corrected chi connectivity index (χ3v) is 6.25. The Morgan fingerprint density at radius 3 is 2.50 bits per heavy atom. The molecule has 0 aliphatic heterocycles. The molecule has 2 N–H and O–H groups in total. The van der Waals surface area contributed by atoms with Gasteiger partial charge in [0.25, 0.3) is 0 Å². The predicted molar refractivity (Wildman–Crippen MR) is 127 cm³/mol. The minimum Gasteiger partial charge on any atom is -0.493 e. The molecule has 1 saturated carbocycles. The van der Waals surface area contributed by atoms with Crippen molar-refractivity contribution in [2.24, 2.45) is 5.92 Å². The normalized spacial score (nSPS) is 15.0. The van der Waals surface area contributed by atoms with Gasteiger partial charge in [-0.1, -0.05) is 45.6 Å². The van der Waals surface area contributed by atoms with Crippen LogP contribution in [0.1, 0.15) is 80.7 Å². The van der Waals surface area contributed by atoms with E-state index in [4.69, 9.17) is 10.00 Å². The zero-order chi connectivity index (χ0) is 22.9. The quantitative estimate of drug-likeness (QED) is 0.460. The van der Waals surface area contributed by atoms with Gasteiger partial charge in [0.05, 0.1) is 18.2 Å². The molecule has 0 bridgehead atoms. The number of aliphatic carboxylic acids is 1. The zero-order valence-corrected chi connectivity index (χ0v) is 19.2. The summed E-state index contributed by atoms with van der Waals surface area (Å²) < 4.78 is 6.42. The van der Waals surface area contributed by atoms with Crippen LogP contribution in [0, 0.1) is 17.2 Å². The molecule has 3 rings (SSSR count). The summed E-state index contributed by atoms with van der Waals surface area (Å²) in [4.78, 5) is 12.4. The summed E-state index contributed by atoms with van der Waals surface area (Å²) in [5.74, 6) is 0.308. The molecule has 1 fully saturated rings. The van der Waals surface area contributed by atoms with Crippen molar-refractivity contribution in [2.45, 2.75) is 71.3 Å². The van der Waals surface area contributed by atoms with Gasteiger partial charge in [0, 0.05) is 11.3 Å². The second kappa shape index (κ2) is 11.6. The number of hydrogen-bond acceptors (Lipinski definition) is 4. The Morgan fingerprint density at radius 1 is 1.19 bits per heavy atom. The van der Waals surface area contributed by atoms with Gasteiger partial charge in [-0.25, -0.2) is 4.79 Å². The molecule has 1 atom stereocenters. The summed E-state index contributed by atoms with van der Waals surface area (Å²) in [6.45, 7) is 4.85. The standard InChI is InChI=1S/C27H34N2O3/c1-3-8-22-15-19(4-2)16-24(26(22)32-18-21-9-6-5-7-10-21)25(27(30)31)29-23-13-11-20(17-28)12-14-23/h11-16,21,25,29H,3-10,18H2,1-2H3,(H,30,31)/t25-/m1/s1. The van der Waals surface area contributed by atoms with Gasteiger partial charge in [0.2, 0.25) is 0 Å². The molecule has 0 aromatic heterocycles. The summed E-state index contributed by atoms with van der Waals surface area (Å²) in [6.07, 6.45) is 8.79. The van der Waals surface area contributed by atoms with Gasteiger partial charge >= 0.3 is 5.97 Å². The van der Waals surface area contributed by atoms with E-state index in [1.807, 2.05) is 6.07 Å². The first-order valence-electron chi connectivity index (χ1n) is 11.8. The fraction of sp³-hybridized carbons (Fsp3) is 0.481. The van der Waals surface area contributed by atoms with E-state index in [1.54, 1.807) is 24.3 Å². The van der Waals surface area contributed by atoms with Crippen LogP contribution in [0.25, 0.3) is 0 Å². The number of hydrogen-bond donors (Lipinski definition) is 2. The van der Waals surface area contributed by atoms with E-state index in [1.165, 1.54) is 32.1 Å². The molecule has 0 saturated heterocycles. The van der Waals surface area contributed by atoms with Crippen molar-refractivity contribution in [3.63, 3.8) is 0 Å². The number of aryl methyl sites for hydroxylation is 2. The van der Waals surface area contributed by atoms with Crippen molar-refractivity contribution in [1.29, 1.82) is 5.26 Å². The van der Waals surface area contributed by atoms with Crippen molar-refractivity contribution in [1.82, 2.24) is 0 Å². The number of rotatable bonds is 10. The van der Waals surface area contributed by atoms with Crippen LogP contribution in [0.3, 0.4) is 0 Å². The lowest BCUT2D eigenvalue weighted by Gasteiger charge is -2.26. The molecule has 5 nitrogen and oxygen atoms in total. The Bertz CT molecular complexity index is 941. The molecule has 5 heteroatoms. The minimum absolute atomic E-state index is 0.534. The lowest BCUT2D eigenvalue weighted by molar-refractivity contribution is -0.138. The Morgan fingerprint density at radius 2 is 1.91 bits per heavy atom. The van der Waals surface area contributed by atoms with Crippen LogP contribution in [0.15, 0.2) is 36.4 Å². The number of nitrogens with one attached hydrogen (secondary N) is 1. The Kier molecular flexibility index (Phi) is 8.56. The lowest BCUT2D eigenvalue weighted by Crippen LogP contribution is -2.23. The van der Waals surface area contributed by atoms with Gasteiger partial charge in [-0.2, -0.15) is 5.26 Å². The second-order valence-electron chi connectivity index (χ2n) is 8.70. The SMILES string of the molecule is CCCc1cc(CC)cc([C@@H](Nc2ccc(C#N)cc2)C(=O)O)c1OCC1CCCCC1. The van der Waals surface area contributed by atoms with Gasteiger partial charge in [-0.15, -0.1) is 0 Å². The molecule has 0 spiro atoms. The number of anilines is 1. The van der Waals surface area contributed by atoms with Gasteiger partial charge in [-0.3, -0.25) is 0 Å². The summed E-state index contributed by atoms with van der Waals surface area (Å²) in [7, 11) is 0. The van der Waals surface area contributed by atoms with Crippen LogP contribution >= 0.6 is 0 Å². The van der Waals surface area contributed by atoms with E-state index >= 15 is 0 Å². The number of benzene rings is 2. The van der Waals surface area contributed by atoms with Gasteiger partial charge in [0.1, 0.15) is 5.75 Å². The van der Waals surface area contributed by atoms with Crippen LogP contribution in [-0.4, -0.2) is 17.7 Å². The highest BCUT2D eigenvalue weighted by atomic mass is 16.5. The second-order valence-corrected chi connectivity index (χ2v) is 8.70. The Balaban J connectivity index is 1.97. The van der Waals surface area contributed by atoms with Crippen LogP contribution in [-0.2, 0) is 17.6 Å². The van der Waals surface area contributed by atoms with E-state index in [0.29, 0.717) is 29.3 Å². The van der Waals surface area contributed by atoms with Crippen LogP contribution in [0.4, 0.5) is 5.69 Å². The maximum Gasteiger partial charge on any atom is 0.330 e. The fourth-order valence-corrected chi connectivity index (χ4v) is 4.47. The molecular formula is C27H34N2O3. The van der Waals surface area contributed by atoms with E-state index in [2.05, 4.69) is 31.3 Å². The van der Waals surface area contributed by atoms with Crippen molar-refractivity contribution in [3.8, 4) is 11.8 Å². The third-order valence-electron chi connectivity index (χ3n) is 6.25. The molecule has 32 heavy (non-hydrogen) atoms. The molecule has 0 unspecified atom stereocenters. The van der Waals surface area contributed by atoms with Crippen molar-refractivity contribution < 1.29 is 14.6 Å². The largest absolute Gasteiger partial charge is 0.493 e. The summed E-state index contributed by atoms with van der Waals surface area (Å²) in [5.41, 5.74) is 4.08. The van der Waals surface area contributed by atoms with Gasteiger partial charge < -0.3 is 15.2 Å². The van der Waals surface area contributed by atoms with Crippen molar-refractivity contribution in [3.05, 3.63) is 58.7 Å². The average Bonchev–Trinajstić information content (AvgIpc) is 2.82. The number of carbonyl (C=O) groups is 1. The Hall–Kier alpha value is -3.00. The van der Waals surface area contributed by atoms with E-state index in [0.717, 1.165) is 36.1 Å². The monoisotopic (exact) mass is 434 g/mol. The predicted octanol–water partition coefficient (Wildman–Crippen LogP) is 6.27. The molecule has 0 heterocycles. The first-order chi connectivity index (χ1) is 15.5. The van der Waals surface area contributed by atoms with Gasteiger partial charge in [0.15, 0.2) is 6.04 Å². The first kappa shape index (κ1) is 23.7.